The van der Waals surface area contributed by atoms with Crippen molar-refractivity contribution in [3.63, 3.8) is 0 Å². The molecule has 1 aliphatic carbocycles. The van der Waals surface area contributed by atoms with Crippen LogP contribution in [0.25, 0.3) is 10.9 Å². The number of aromatic amines is 1. The van der Waals surface area contributed by atoms with Crippen molar-refractivity contribution in [3.05, 3.63) is 77.0 Å². The number of amides is 1. The van der Waals surface area contributed by atoms with E-state index in [2.05, 4.69) is 11.6 Å². The number of benzene rings is 2. The SMILES string of the molecule is C=CCOc1ccc(C2c3[nH]c4ccc(Cl)cc4c3CCN2C(=O)OCC2CC2)cc1. The summed E-state index contributed by atoms with van der Waals surface area (Å²) >= 11 is 6.27. The van der Waals surface area contributed by atoms with E-state index < -0.39 is 0 Å². The minimum atomic E-state index is -0.258. The predicted octanol–water partition coefficient (Wildman–Crippen LogP) is 5.88. The summed E-state index contributed by atoms with van der Waals surface area (Å²) in [7, 11) is 0. The number of hydrogen-bond acceptors (Lipinski definition) is 3. The van der Waals surface area contributed by atoms with Crippen molar-refractivity contribution in [2.75, 3.05) is 19.8 Å². The van der Waals surface area contributed by atoms with E-state index in [1.807, 2.05) is 47.4 Å². The number of ether oxygens (including phenoxy) is 2. The van der Waals surface area contributed by atoms with E-state index in [0.717, 1.165) is 47.2 Å². The summed E-state index contributed by atoms with van der Waals surface area (Å²) in [6.45, 7) is 5.24. The highest BCUT2D eigenvalue weighted by molar-refractivity contribution is 6.31. The monoisotopic (exact) mass is 436 g/mol. The van der Waals surface area contributed by atoms with Crippen molar-refractivity contribution in [2.45, 2.75) is 25.3 Å². The summed E-state index contributed by atoms with van der Waals surface area (Å²) in [5.74, 6) is 1.30. The van der Waals surface area contributed by atoms with E-state index in [9.17, 15) is 4.79 Å². The van der Waals surface area contributed by atoms with Crippen molar-refractivity contribution >= 4 is 28.6 Å². The molecule has 0 bridgehead atoms. The second-order valence-electron chi connectivity index (χ2n) is 8.24. The Morgan fingerprint density at radius 2 is 2.03 bits per heavy atom. The van der Waals surface area contributed by atoms with Gasteiger partial charge in [0.05, 0.1) is 6.61 Å². The Labute approximate surface area is 186 Å². The number of fused-ring (bicyclic) bond motifs is 3. The maximum atomic E-state index is 13.0. The maximum absolute atomic E-state index is 13.0. The fourth-order valence-corrected chi connectivity index (χ4v) is 4.43. The number of nitrogens with zero attached hydrogens (tertiary/aromatic N) is 1. The number of hydrogen-bond donors (Lipinski definition) is 1. The summed E-state index contributed by atoms with van der Waals surface area (Å²) in [6, 6.07) is 13.5. The molecule has 6 heteroatoms. The summed E-state index contributed by atoms with van der Waals surface area (Å²) < 4.78 is 11.3. The van der Waals surface area contributed by atoms with Crippen molar-refractivity contribution < 1.29 is 14.3 Å². The summed E-state index contributed by atoms with van der Waals surface area (Å²) in [5.41, 5.74) is 4.26. The smallest absolute Gasteiger partial charge is 0.410 e. The Bertz CT molecular complexity index is 1120. The van der Waals surface area contributed by atoms with Crippen LogP contribution in [-0.2, 0) is 11.2 Å². The van der Waals surface area contributed by atoms with Gasteiger partial charge in [-0.3, -0.25) is 4.90 Å². The van der Waals surface area contributed by atoms with E-state index in [0.29, 0.717) is 30.7 Å². The van der Waals surface area contributed by atoms with E-state index in [4.69, 9.17) is 21.1 Å². The van der Waals surface area contributed by atoms with Crippen LogP contribution in [0.4, 0.5) is 4.79 Å². The fourth-order valence-electron chi connectivity index (χ4n) is 4.26. The molecular formula is C25H25ClN2O3. The van der Waals surface area contributed by atoms with E-state index in [-0.39, 0.29) is 12.1 Å². The molecule has 0 saturated heterocycles. The first-order valence-electron chi connectivity index (χ1n) is 10.7. The molecule has 2 heterocycles. The number of rotatable bonds is 6. The molecule has 3 aromatic rings. The molecule has 1 fully saturated rings. The molecule has 1 amide bonds. The minimum Gasteiger partial charge on any atom is -0.490 e. The lowest BCUT2D eigenvalue weighted by Gasteiger charge is -2.35. The third-order valence-corrected chi connectivity index (χ3v) is 6.26. The lowest BCUT2D eigenvalue weighted by atomic mass is 9.92. The number of aromatic nitrogens is 1. The topological polar surface area (TPSA) is 54.6 Å². The Morgan fingerprint density at radius 1 is 1.23 bits per heavy atom. The van der Waals surface area contributed by atoms with Crippen LogP contribution < -0.4 is 4.74 Å². The van der Waals surface area contributed by atoms with Crippen molar-refractivity contribution in [1.82, 2.24) is 9.88 Å². The van der Waals surface area contributed by atoms with Crippen LogP contribution in [0.15, 0.2) is 55.1 Å². The van der Waals surface area contributed by atoms with Gasteiger partial charge in [-0.15, -0.1) is 0 Å². The molecule has 1 atom stereocenters. The van der Waals surface area contributed by atoms with Crippen LogP contribution in [-0.4, -0.2) is 35.7 Å². The average molecular weight is 437 g/mol. The molecule has 2 aromatic carbocycles. The first-order valence-corrected chi connectivity index (χ1v) is 11.1. The van der Waals surface area contributed by atoms with E-state index in [1.54, 1.807) is 6.08 Å². The summed E-state index contributed by atoms with van der Waals surface area (Å²) in [5, 5.41) is 1.82. The normalized spacial score (nSPS) is 18.0. The second kappa shape index (κ2) is 8.31. The Balaban J connectivity index is 1.52. The van der Waals surface area contributed by atoms with Crippen LogP contribution in [0, 0.1) is 5.92 Å². The molecule has 0 radical (unpaired) electrons. The average Bonchev–Trinajstić information content (AvgIpc) is 3.55. The van der Waals surface area contributed by atoms with Crippen molar-refractivity contribution in [2.24, 2.45) is 5.92 Å². The molecule has 5 rings (SSSR count). The highest BCUT2D eigenvalue weighted by Gasteiger charge is 2.36. The van der Waals surface area contributed by atoms with E-state index >= 15 is 0 Å². The molecule has 2 aliphatic rings. The van der Waals surface area contributed by atoms with Gasteiger partial charge in [-0.25, -0.2) is 4.79 Å². The van der Waals surface area contributed by atoms with Gasteiger partial charge in [0.25, 0.3) is 0 Å². The minimum absolute atomic E-state index is 0.255. The lowest BCUT2D eigenvalue weighted by Crippen LogP contribution is -2.41. The van der Waals surface area contributed by atoms with Gasteiger partial charge in [0.1, 0.15) is 18.4 Å². The van der Waals surface area contributed by atoms with Gasteiger partial charge in [0.2, 0.25) is 0 Å². The number of halogens is 1. The molecule has 5 nitrogen and oxygen atoms in total. The van der Waals surface area contributed by atoms with Crippen molar-refractivity contribution in [1.29, 1.82) is 0 Å². The van der Waals surface area contributed by atoms with Crippen molar-refractivity contribution in [3.8, 4) is 5.75 Å². The van der Waals surface area contributed by atoms with Crippen LogP contribution in [0.5, 0.6) is 5.75 Å². The number of H-pyrrole nitrogens is 1. The van der Waals surface area contributed by atoms with Gasteiger partial charge in [0.15, 0.2) is 0 Å². The largest absolute Gasteiger partial charge is 0.490 e. The summed E-state index contributed by atoms with van der Waals surface area (Å²) in [6.07, 6.45) is 4.51. The van der Waals surface area contributed by atoms with Gasteiger partial charge in [0, 0.05) is 28.2 Å². The van der Waals surface area contributed by atoms with Crippen LogP contribution in [0.2, 0.25) is 5.02 Å². The van der Waals surface area contributed by atoms with Gasteiger partial charge in [-0.1, -0.05) is 36.4 Å². The second-order valence-corrected chi connectivity index (χ2v) is 8.68. The van der Waals surface area contributed by atoms with Crippen LogP contribution in [0.1, 0.15) is 35.7 Å². The third-order valence-electron chi connectivity index (χ3n) is 6.03. The van der Waals surface area contributed by atoms with Gasteiger partial charge in [-0.05, 0) is 66.6 Å². The zero-order valence-electron chi connectivity index (χ0n) is 17.3. The number of nitrogens with one attached hydrogen (secondary N) is 1. The lowest BCUT2D eigenvalue weighted by molar-refractivity contribution is 0.0852. The molecule has 1 aromatic heterocycles. The first kappa shape index (κ1) is 20.0. The zero-order chi connectivity index (χ0) is 21.4. The van der Waals surface area contributed by atoms with Gasteiger partial charge < -0.3 is 14.5 Å². The highest BCUT2D eigenvalue weighted by atomic mass is 35.5. The van der Waals surface area contributed by atoms with E-state index in [1.165, 1.54) is 5.56 Å². The molecular weight excluding hydrogens is 412 g/mol. The maximum Gasteiger partial charge on any atom is 0.410 e. The van der Waals surface area contributed by atoms with Crippen LogP contribution >= 0.6 is 11.6 Å². The molecule has 1 N–H and O–H groups in total. The standard InChI is InChI=1S/C25H25ClN2O3/c1-2-13-30-19-8-5-17(6-9-19)24-23-20(21-14-18(26)7-10-22(21)27-23)11-12-28(24)25(29)31-15-16-3-4-16/h2,5-10,14,16,24,27H,1,3-4,11-13,15H2. The number of carbonyl (C=O) groups is 1. The summed E-state index contributed by atoms with van der Waals surface area (Å²) in [4.78, 5) is 18.4. The molecule has 0 spiro atoms. The Kier molecular flexibility index (Phi) is 5.36. The Morgan fingerprint density at radius 3 is 2.77 bits per heavy atom. The van der Waals surface area contributed by atoms with Gasteiger partial charge in [-0.2, -0.15) is 0 Å². The predicted molar refractivity (Wildman–Crippen MR) is 122 cm³/mol. The molecule has 160 valence electrons. The molecule has 31 heavy (non-hydrogen) atoms. The zero-order valence-corrected chi connectivity index (χ0v) is 18.0. The molecule has 1 aliphatic heterocycles. The molecule has 1 saturated carbocycles. The third kappa shape index (κ3) is 4.02. The quantitative estimate of drug-likeness (QED) is 0.491. The van der Waals surface area contributed by atoms with Gasteiger partial charge >= 0.3 is 6.09 Å². The number of carbonyl (C=O) groups excluding carboxylic acids is 1. The van der Waals surface area contributed by atoms with Crippen LogP contribution in [0.3, 0.4) is 0 Å². The fraction of sp³-hybridized carbons (Fsp3) is 0.320. The highest BCUT2D eigenvalue weighted by Crippen LogP contribution is 2.40. The first-order chi connectivity index (χ1) is 15.1. The molecule has 1 unspecified atom stereocenters. The Hall–Kier alpha value is -2.92.